The van der Waals surface area contributed by atoms with E-state index in [9.17, 15) is 4.79 Å². The molecule has 0 N–H and O–H groups in total. The van der Waals surface area contributed by atoms with E-state index >= 15 is 0 Å². The lowest BCUT2D eigenvalue weighted by Gasteiger charge is -2.31. The molecule has 0 saturated carbocycles. The Bertz CT molecular complexity index is 1060. The van der Waals surface area contributed by atoms with E-state index in [1.165, 1.54) is 0 Å². The van der Waals surface area contributed by atoms with E-state index in [-0.39, 0.29) is 18.6 Å². The zero-order valence-corrected chi connectivity index (χ0v) is 15.3. The molecule has 2 aromatic heterocycles. The van der Waals surface area contributed by atoms with Gasteiger partial charge in [0.25, 0.3) is 0 Å². The third kappa shape index (κ3) is 3.09. The van der Waals surface area contributed by atoms with Crippen LogP contribution in [0.15, 0.2) is 48.7 Å². The van der Waals surface area contributed by atoms with Crippen molar-refractivity contribution in [1.82, 2.24) is 19.5 Å². The summed E-state index contributed by atoms with van der Waals surface area (Å²) in [6.45, 7) is 1.66. The molecule has 7 nitrogen and oxygen atoms in total. The standard InChI is InChI=1S/C21H20N4O3/c26-20(9-7-15-6-8-17-18(12-15)28-14-27-17)24-10-3-4-16(13-24)21-23-22-19-5-1-2-11-25(19)21/h1-2,5-9,11-12,16H,3-4,10,13-14H2/b9-7+/t16-/m1/s1. The van der Waals surface area contributed by atoms with Crippen LogP contribution in [0.4, 0.5) is 0 Å². The fourth-order valence-corrected chi connectivity index (χ4v) is 3.82. The maximum absolute atomic E-state index is 12.7. The van der Waals surface area contributed by atoms with Gasteiger partial charge in [-0.25, -0.2) is 0 Å². The van der Waals surface area contributed by atoms with Crippen molar-refractivity contribution in [2.24, 2.45) is 0 Å². The lowest BCUT2D eigenvalue weighted by atomic mass is 9.97. The predicted octanol–water partition coefficient (Wildman–Crippen LogP) is 2.88. The summed E-state index contributed by atoms with van der Waals surface area (Å²) < 4.78 is 12.7. The van der Waals surface area contributed by atoms with Crippen LogP contribution in [0.2, 0.25) is 0 Å². The Balaban J connectivity index is 1.30. The van der Waals surface area contributed by atoms with Crippen LogP contribution in [0.25, 0.3) is 11.7 Å². The first-order chi connectivity index (χ1) is 13.8. The summed E-state index contributed by atoms with van der Waals surface area (Å²) >= 11 is 0. The summed E-state index contributed by atoms with van der Waals surface area (Å²) in [5.41, 5.74) is 1.75. The zero-order chi connectivity index (χ0) is 18.9. The average molecular weight is 376 g/mol. The third-order valence-corrected chi connectivity index (χ3v) is 5.25. The molecule has 1 fully saturated rings. The molecule has 2 aliphatic heterocycles. The van der Waals surface area contributed by atoms with Crippen LogP contribution < -0.4 is 9.47 Å². The molecular weight excluding hydrogens is 356 g/mol. The average Bonchev–Trinajstić information content (AvgIpc) is 3.38. The summed E-state index contributed by atoms with van der Waals surface area (Å²) in [6, 6.07) is 11.5. The number of hydrogen-bond donors (Lipinski definition) is 0. The number of amides is 1. The van der Waals surface area contributed by atoms with Crippen molar-refractivity contribution < 1.29 is 14.3 Å². The number of piperidine rings is 1. The lowest BCUT2D eigenvalue weighted by Crippen LogP contribution is -2.38. The first-order valence-electron chi connectivity index (χ1n) is 9.44. The van der Waals surface area contributed by atoms with Crippen molar-refractivity contribution in [3.63, 3.8) is 0 Å². The highest BCUT2D eigenvalue weighted by Crippen LogP contribution is 2.33. The number of benzene rings is 1. The maximum atomic E-state index is 12.7. The summed E-state index contributed by atoms with van der Waals surface area (Å²) in [7, 11) is 0. The SMILES string of the molecule is O=C(/C=C/c1ccc2c(c1)OCO2)N1CCC[C@@H](c2nnc3ccccn23)C1. The van der Waals surface area contributed by atoms with Gasteiger partial charge < -0.3 is 14.4 Å². The predicted molar refractivity (Wildman–Crippen MR) is 103 cm³/mol. The molecule has 1 saturated heterocycles. The molecule has 5 rings (SSSR count). The normalized spacial score (nSPS) is 18.9. The summed E-state index contributed by atoms with van der Waals surface area (Å²) in [5.74, 6) is 2.58. The maximum Gasteiger partial charge on any atom is 0.246 e. The first-order valence-corrected chi connectivity index (χ1v) is 9.44. The smallest absolute Gasteiger partial charge is 0.246 e. The Kier molecular flexibility index (Phi) is 4.20. The second-order valence-electron chi connectivity index (χ2n) is 7.06. The van der Waals surface area contributed by atoms with E-state index in [2.05, 4.69) is 10.2 Å². The minimum atomic E-state index is 0.0104. The Morgan fingerprint density at radius 2 is 2.07 bits per heavy atom. The van der Waals surface area contributed by atoms with E-state index in [4.69, 9.17) is 9.47 Å². The van der Waals surface area contributed by atoms with Crippen molar-refractivity contribution in [1.29, 1.82) is 0 Å². The second-order valence-corrected chi connectivity index (χ2v) is 7.06. The Hall–Kier alpha value is -3.35. The van der Waals surface area contributed by atoms with Crippen LogP contribution in [0, 0.1) is 0 Å². The molecule has 28 heavy (non-hydrogen) atoms. The molecule has 2 aliphatic rings. The molecule has 1 aromatic carbocycles. The number of nitrogens with zero attached hydrogens (tertiary/aromatic N) is 4. The van der Waals surface area contributed by atoms with Crippen molar-refractivity contribution in [2.45, 2.75) is 18.8 Å². The highest BCUT2D eigenvalue weighted by Gasteiger charge is 2.27. The van der Waals surface area contributed by atoms with Crippen LogP contribution in [0.3, 0.4) is 0 Å². The van der Waals surface area contributed by atoms with Gasteiger partial charge in [0.1, 0.15) is 5.82 Å². The van der Waals surface area contributed by atoms with E-state index in [1.54, 1.807) is 6.08 Å². The third-order valence-electron chi connectivity index (χ3n) is 5.25. The minimum absolute atomic E-state index is 0.0104. The lowest BCUT2D eigenvalue weighted by molar-refractivity contribution is -0.127. The van der Waals surface area contributed by atoms with Crippen molar-refractivity contribution in [2.75, 3.05) is 19.9 Å². The molecule has 7 heteroatoms. The van der Waals surface area contributed by atoms with Gasteiger partial charge in [-0.05, 0) is 48.7 Å². The van der Waals surface area contributed by atoms with E-state index in [0.29, 0.717) is 12.3 Å². The molecule has 0 radical (unpaired) electrons. The van der Waals surface area contributed by atoms with Crippen molar-refractivity contribution in [3.05, 3.63) is 60.1 Å². The topological polar surface area (TPSA) is 69.0 Å². The molecule has 1 amide bonds. The van der Waals surface area contributed by atoms with Crippen molar-refractivity contribution in [3.8, 4) is 11.5 Å². The fourth-order valence-electron chi connectivity index (χ4n) is 3.82. The van der Waals surface area contributed by atoms with Crippen LogP contribution in [0.5, 0.6) is 11.5 Å². The Morgan fingerprint density at radius 1 is 1.14 bits per heavy atom. The molecule has 0 spiro atoms. The number of rotatable bonds is 3. The van der Waals surface area contributed by atoms with Crippen LogP contribution in [-0.4, -0.2) is 45.3 Å². The summed E-state index contributed by atoms with van der Waals surface area (Å²) in [4.78, 5) is 14.6. The monoisotopic (exact) mass is 376 g/mol. The quantitative estimate of drug-likeness (QED) is 0.658. The van der Waals surface area contributed by atoms with Crippen LogP contribution >= 0.6 is 0 Å². The largest absolute Gasteiger partial charge is 0.454 e. The molecule has 0 unspecified atom stereocenters. The van der Waals surface area contributed by atoms with Gasteiger partial charge in [0.05, 0.1) is 0 Å². The minimum Gasteiger partial charge on any atom is -0.454 e. The van der Waals surface area contributed by atoms with Gasteiger partial charge in [-0.2, -0.15) is 0 Å². The molecule has 0 bridgehead atoms. The van der Waals surface area contributed by atoms with Gasteiger partial charge in [-0.1, -0.05) is 12.1 Å². The fraction of sp³-hybridized carbons (Fsp3) is 0.286. The number of likely N-dealkylation sites (tertiary alicyclic amines) is 1. The summed E-state index contributed by atoms with van der Waals surface area (Å²) in [6.07, 6.45) is 7.38. The van der Waals surface area contributed by atoms with Gasteiger partial charge in [0.15, 0.2) is 17.1 Å². The van der Waals surface area contributed by atoms with E-state index in [0.717, 1.165) is 42.2 Å². The first kappa shape index (κ1) is 16.8. The highest BCUT2D eigenvalue weighted by atomic mass is 16.7. The van der Waals surface area contributed by atoms with Crippen LogP contribution in [0.1, 0.15) is 30.1 Å². The van der Waals surface area contributed by atoms with Gasteiger partial charge >= 0.3 is 0 Å². The number of hydrogen-bond acceptors (Lipinski definition) is 5. The number of carbonyl (C=O) groups is 1. The Morgan fingerprint density at radius 3 is 3.04 bits per heavy atom. The molecule has 4 heterocycles. The molecule has 0 aliphatic carbocycles. The molecular formula is C21H20N4O3. The zero-order valence-electron chi connectivity index (χ0n) is 15.3. The van der Waals surface area contributed by atoms with Gasteiger partial charge in [0, 0.05) is 31.3 Å². The summed E-state index contributed by atoms with van der Waals surface area (Å²) in [5, 5.41) is 8.61. The number of pyridine rings is 1. The van der Waals surface area contributed by atoms with E-state index in [1.807, 2.05) is 58.0 Å². The van der Waals surface area contributed by atoms with Crippen molar-refractivity contribution >= 4 is 17.6 Å². The number of fused-ring (bicyclic) bond motifs is 2. The highest BCUT2D eigenvalue weighted by molar-refractivity contribution is 5.92. The molecule has 3 aromatic rings. The molecule has 142 valence electrons. The number of aromatic nitrogens is 3. The number of ether oxygens (including phenoxy) is 2. The van der Waals surface area contributed by atoms with Gasteiger partial charge in [-0.3, -0.25) is 9.20 Å². The molecule has 1 atom stereocenters. The second kappa shape index (κ2) is 6.99. The van der Waals surface area contributed by atoms with Crippen LogP contribution in [-0.2, 0) is 4.79 Å². The number of carbonyl (C=O) groups excluding carboxylic acids is 1. The van der Waals surface area contributed by atoms with Gasteiger partial charge in [-0.15, -0.1) is 10.2 Å². The Labute approximate surface area is 162 Å². The van der Waals surface area contributed by atoms with Gasteiger partial charge in [0.2, 0.25) is 12.7 Å². The van der Waals surface area contributed by atoms with E-state index < -0.39 is 0 Å².